The molecule has 0 aliphatic heterocycles. The lowest BCUT2D eigenvalue weighted by Gasteiger charge is -2.17. The van der Waals surface area contributed by atoms with Crippen molar-refractivity contribution in [2.75, 3.05) is 0 Å². The molecule has 0 bridgehead atoms. The van der Waals surface area contributed by atoms with E-state index in [4.69, 9.17) is 5.73 Å². The smallest absolute Gasteiger partial charge is 0.237 e. The van der Waals surface area contributed by atoms with E-state index in [1.54, 1.807) is 12.1 Å². The monoisotopic (exact) mass is 316 g/mol. The zero-order valence-corrected chi connectivity index (χ0v) is 12.1. The molecule has 0 radical (unpaired) electrons. The third kappa shape index (κ3) is 4.07. The first kappa shape index (κ1) is 15.1. The second-order valence-electron chi connectivity index (χ2n) is 4.36. The van der Waals surface area contributed by atoms with Crippen molar-refractivity contribution in [3.63, 3.8) is 0 Å². The maximum Gasteiger partial charge on any atom is 0.237 e. The molecule has 1 amide bonds. The van der Waals surface area contributed by atoms with Crippen LogP contribution in [-0.2, 0) is 11.3 Å². The molecule has 1 rings (SSSR count). The topological polar surface area (TPSA) is 55.1 Å². The number of halogens is 2. The summed E-state index contributed by atoms with van der Waals surface area (Å²) in [6, 6.07) is 4.07. The van der Waals surface area contributed by atoms with E-state index in [9.17, 15) is 9.18 Å². The molecule has 0 aliphatic carbocycles. The first-order chi connectivity index (χ1) is 8.45. The second kappa shape index (κ2) is 6.85. The van der Waals surface area contributed by atoms with Crippen molar-refractivity contribution in [2.24, 2.45) is 11.7 Å². The Hall–Kier alpha value is -0.940. The number of hydrogen-bond acceptors (Lipinski definition) is 2. The molecule has 3 nitrogen and oxygen atoms in total. The quantitative estimate of drug-likeness (QED) is 0.877. The predicted molar refractivity (Wildman–Crippen MR) is 73.4 cm³/mol. The number of nitrogens with two attached hydrogens (primary N) is 1. The number of nitrogens with one attached hydrogen (secondary N) is 1. The highest BCUT2D eigenvalue weighted by Crippen LogP contribution is 2.15. The molecule has 2 unspecified atom stereocenters. The van der Waals surface area contributed by atoms with Gasteiger partial charge in [-0.2, -0.15) is 0 Å². The highest BCUT2D eigenvalue weighted by Gasteiger charge is 2.19. The van der Waals surface area contributed by atoms with E-state index in [1.165, 1.54) is 6.07 Å². The minimum atomic E-state index is -0.551. The van der Waals surface area contributed by atoms with E-state index < -0.39 is 6.04 Å². The van der Waals surface area contributed by atoms with Crippen molar-refractivity contribution < 1.29 is 9.18 Å². The van der Waals surface area contributed by atoms with E-state index in [2.05, 4.69) is 21.2 Å². The summed E-state index contributed by atoms with van der Waals surface area (Å²) < 4.78 is 14.2. The van der Waals surface area contributed by atoms with Gasteiger partial charge < -0.3 is 11.1 Å². The number of rotatable bonds is 5. The van der Waals surface area contributed by atoms with Crippen molar-refractivity contribution in [3.05, 3.63) is 34.1 Å². The summed E-state index contributed by atoms with van der Waals surface area (Å²) in [4.78, 5) is 11.7. The van der Waals surface area contributed by atoms with Crippen molar-refractivity contribution in [3.8, 4) is 0 Å². The Morgan fingerprint density at radius 3 is 2.83 bits per heavy atom. The van der Waals surface area contributed by atoms with Crippen LogP contribution in [-0.4, -0.2) is 11.9 Å². The van der Waals surface area contributed by atoms with Crippen LogP contribution in [0.15, 0.2) is 22.7 Å². The Morgan fingerprint density at radius 2 is 2.22 bits per heavy atom. The van der Waals surface area contributed by atoms with Gasteiger partial charge in [-0.1, -0.05) is 36.2 Å². The van der Waals surface area contributed by atoms with Crippen molar-refractivity contribution in [1.82, 2.24) is 5.32 Å². The number of amides is 1. The molecule has 0 saturated carbocycles. The van der Waals surface area contributed by atoms with Crippen LogP contribution < -0.4 is 11.1 Å². The predicted octanol–water partition coefficient (Wildman–Crippen LogP) is 2.58. The Labute approximate surface area is 115 Å². The van der Waals surface area contributed by atoms with Crippen LogP contribution in [0, 0.1) is 11.7 Å². The first-order valence-corrected chi connectivity index (χ1v) is 6.72. The van der Waals surface area contributed by atoms with E-state index in [0.717, 1.165) is 10.9 Å². The molecule has 0 fully saturated rings. The molecule has 0 aliphatic rings. The average molecular weight is 317 g/mol. The summed E-state index contributed by atoms with van der Waals surface area (Å²) in [7, 11) is 0. The summed E-state index contributed by atoms with van der Waals surface area (Å²) in [5.41, 5.74) is 6.23. The van der Waals surface area contributed by atoms with Crippen LogP contribution in [0.2, 0.25) is 0 Å². The van der Waals surface area contributed by atoms with E-state index in [1.807, 2.05) is 13.8 Å². The molecular formula is C13H18BrFN2O. The maximum atomic E-state index is 13.4. The minimum absolute atomic E-state index is 0.109. The lowest BCUT2D eigenvalue weighted by atomic mass is 9.99. The fourth-order valence-corrected chi connectivity index (χ4v) is 1.90. The molecule has 2 atom stereocenters. The van der Waals surface area contributed by atoms with Gasteiger partial charge in [-0.25, -0.2) is 4.39 Å². The molecule has 0 spiro atoms. The number of carbonyl (C=O) groups excluding carboxylic acids is 1. The third-order valence-corrected chi connectivity index (χ3v) is 3.51. The number of carbonyl (C=O) groups is 1. The lowest BCUT2D eigenvalue weighted by Crippen LogP contribution is -2.44. The molecule has 3 N–H and O–H groups in total. The molecule has 5 heteroatoms. The fourth-order valence-electron chi connectivity index (χ4n) is 1.49. The van der Waals surface area contributed by atoms with Gasteiger partial charge in [-0.15, -0.1) is 0 Å². The summed E-state index contributed by atoms with van der Waals surface area (Å²) in [6.07, 6.45) is 0.833. The molecule has 18 heavy (non-hydrogen) atoms. The summed E-state index contributed by atoms with van der Waals surface area (Å²) >= 11 is 3.26. The summed E-state index contributed by atoms with van der Waals surface area (Å²) in [6.45, 7) is 4.05. The van der Waals surface area contributed by atoms with Crippen LogP contribution >= 0.6 is 15.9 Å². The van der Waals surface area contributed by atoms with Crippen molar-refractivity contribution in [2.45, 2.75) is 32.9 Å². The SMILES string of the molecule is CCC(C)C(N)C(=O)NCc1cc(Br)ccc1F. The van der Waals surface area contributed by atoms with E-state index in [0.29, 0.717) is 5.56 Å². The number of benzene rings is 1. The maximum absolute atomic E-state index is 13.4. The third-order valence-electron chi connectivity index (χ3n) is 3.02. The van der Waals surface area contributed by atoms with Crippen LogP contribution in [0.5, 0.6) is 0 Å². The van der Waals surface area contributed by atoms with Crippen LogP contribution in [0.3, 0.4) is 0 Å². The Balaban J connectivity index is 2.60. The lowest BCUT2D eigenvalue weighted by molar-refractivity contribution is -0.123. The van der Waals surface area contributed by atoms with Gasteiger partial charge in [0.05, 0.1) is 6.04 Å². The van der Waals surface area contributed by atoms with Gasteiger partial charge in [0.2, 0.25) is 5.91 Å². The Morgan fingerprint density at radius 1 is 1.56 bits per heavy atom. The number of hydrogen-bond donors (Lipinski definition) is 2. The molecule has 0 heterocycles. The van der Waals surface area contributed by atoms with Crippen molar-refractivity contribution in [1.29, 1.82) is 0 Å². The molecule has 1 aromatic rings. The standard InChI is InChI=1S/C13H18BrFN2O/c1-3-8(2)12(16)13(18)17-7-9-6-10(14)4-5-11(9)15/h4-6,8,12H,3,7,16H2,1-2H3,(H,17,18). The zero-order chi connectivity index (χ0) is 13.7. The van der Waals surface area contributed by atoms with Gasteiger partial charge in [-0.05, 0) is 24.1 Å². The first-order valence-electron chi connectivity index (χ1n) is 5.93. The van der Waals surface area contributed by atoms with Gasteiger partial charge in [0.1, 0.15) is 5.82 Å². The molecule has 100 valence electrons. The Kier molecular flexibility index (Phi) is 5.75. The van der Waals surface area contributed by atoms with Gasteiger partial charge in [0.25, 0.3) is 0 Å². The van der Waals surface area contributed by atoms with Gasteiger partial charge in [-0.3, -0.25) is 4.79 Å². The van der Waals surface area contributed by atoms with Crippen molar-refractivity contribution >= 4 is 21.8 Å². The van der Waals surface area contributed by atoms with Gasteiger partial charge >= 0.3 is 0 Å². The van der Waals surface area contributed by atoms with E-state index in [-0.39, 0.29) is 24.2 Å². The van der Waals surface area contributed by atoms with E-state index >= 15 is 0 Å². The highest BCUT2D eigenvalue weighted by molar-refractivity contribution is 9.10. The molecular weight excluding hydrogens is 299 g/mol. The average Bonchev–Trinajstić information content (AvgIpc) is 2.37. The van der Waals surface area contributed by atoms with Gasteiger partial charge in [0, 0.05) is 16.6 Å². The summed E-state index contributed by atoms with van der Waals surface area (Å²) in [5, 5.41) is 2.66. The molecule has 0 aromatic heterocycles. The molecule has 1 aromatic carbocycles. The van der Waals surface area contributed by atoms with Gasteiger partial charge in [0.15, 0.2) is 0 Å². The normalized spacial score (nSPS) is 14.1. The molecule has 0 saturated heterocycles. The summed E-state index contributed by atoms with van der Waals surface area (Å²) in [5.74, 6) is -0.475. The second-order valence-corrected chi connectivity index (χ2v) is 5.28. The van der Waals surface area contributed by atoms with Crippen LogP contribution in [0.1, 0.15) is 25.8 Å². The Bertz CT molecular complexity index is 425. The van der Waals surface area contributed by atoms with Crippen LogP contribution in [0.4, 0.5) is 4.39 Å². The highest BCUT2D eigenvalue weighted by atomic mass is 79.9. The zero-order valence-electron chi connectivity index (χ0n) is 10.5. The minimum Gasteiger partial charge on any atom is -0.351 e. The largest absolute Gasteiger partial charge is 0.351 e. The van der Waals surface area contributed by atoms with Crippen LogP contribution in [0.25, 0.3) is 0 Å². The fraction of sp³-hybridized carbons (Fsp3) is 0.462.